The standard InChI is InChI=1S/C7H11O2.HI.Zn/c1-5-4-9-7-6(5)2-3-8-7;;/h5-7H,1-4H2;1H;/q-1;;+2/p-1/t5-,6+,7-;;/m0../s1. The molecule has 60 valence electrons. The topological polar surface area (TPSA) is 18.5 Å². The first-order chi connectivity index (χ1) is 5.38. The van der Waals surface area contributed by atoms with Crippen LogP contribution in [0.1, 0.15) is 6.42 Å². The van der Waals surface area contributed by atoms with Gasteiger partial charge in [0.05, 0.1) is 6.61 Å². The van der Waals surface area contributed by atoms with Gasteiger partial charge in [0, 0.05) is 6.61 Å². The van der Waals surface area contributed by atoms with Crippen molar-refractivity contribution in [1.29, 1.82) is 0 Å². The van der Waals surface area contributed by atoms with Crippen molar-refractivity contribution in [2.75, 3.05) is 13.2 Å². The summed E-state index contributed by atoms with van der Waals surface area (Å²) >= 11 is 3.62. The van der Waals surface area contributed by atoms with E-state index in [9.17, 15) is 0 Å². The van der Waals surface area contributed by atoms with E-state index in [0.29, 0.717) is 11.8 Å². The Morgan fingerprint density at radius 2 is 2.09 bits per heavy atom. The van der Waals surface area contributed by atoms with Gasteiger partial charge >= 0.3 is 34.5 Å². The van der Waals surface area contributed by atoms with Crippen LogP contribution in [-0.2, 0) is 24.3 Å². The molecule has 0 spiro atoms. The van der Waals surface area contributed by atoms with Gasteiger partial charge in [0.1, 0.15) is 0 Å². The Kier molecular flexibility index (Phi) is 4.80. The second-order valence-electron chi connectivity index (χ2n) is 2.79. The second-order valence-corrected chi connectivity index (χ2v) is 2.79. The first kappa shape index (κ1) is 10.4. The van der Waals surface area contributed by atoms with Gasteiger partial charge in [0.2, 0.25) is 0 Å². The summed E-state index contributed by atoms with van der Waals surface area (Å²) < 4.78 is 10.6. The zero-order chi connectivity index (χ0) is 8.27. The van der Waals surface area contributed by atoms with Gasteiger partial charge in [0.15, 0.2) is 6.29 Å². The van der Waals surface area contributed by atoms with Crippen LogP contribution in [-0.4, -0.2) is 19.5 Å². The minimum atomic E-state index is 0.0903. The molecule has 11 heavy (non-hydrogen) atoms. The summed E-state index contributed by atoms with van der Waals surface area (Å²) in [6, 6.07) is 0. The fourth-order valence-electron chi connectivity index (χ4n) is 1.55. The molecule has 2 rings (SSSR count). The van der Waals surface area contributed by atoms with Crippen LogP contribution in [0.5, 0.6) is 0 Å². The van der Waals surface area contributed by atoms with Crippen molar-refractivity contribution in [2.24, 2.45) is 11.8 Å². The third-order valence-electron chi connectivity index (χ3n) is 2.16. The first-order valence-corrected chi connectivity index (χ1v) is 12.8. The van der Waals surface area contributed by atoms with E-state index in [1.807, 2.05) is 0 Å². The fourth-order valence-corrected chi connectivity index (χ4v) is 1.55. The van der Waals surface area contributed by atoms with E-state index in [1.165, 1.54) is 14.8 Å². The molecule has 2 fully saturated rings. The quantitative estimate of drug-likeness (QED) is 0.384. The van der Waals surface area contributed by atoms with Crippen LogP contribution in [0.25, 0.3) is 0 Å². The first-order valence-electron chi connectivity index (χ1n) is 3.71. The summed E-state index contributed by atoms with van der Waals surface area (Å²) in [6.07, 6.45) is 1.23. The van der Waals surface area contributed by atoms with Gasteiger partial charge in [-0.1, -0.05) is 0 Å². The molecule has 0 bridgehead atoms. The summed E-state index contributed by atoms with van der Waals surface area (Å²) in [6.45, 7) is 5.62. The Bertz CT molecular complexity index is 123. The van der Waals surface area contributed by atoms with Crippen molar-refractivity contribution in [3.63, 3.8) is 0 Å². The summed E-state index contributed by atoms with van der Waals surface area (Å²) in [7, 11) is 0. The van der Waals surface area contributed by atoms with Crippen LogP contribution in [0.2, 0.25) is 0 Å². The van der Waals surface area contributed by atoms with E-state index in [4.69, 9.17) is 9.47 Å². The zero-order valence-corrected chi connectivity index (χ0v) is 11.6. The zero-order valence-electron chi connectivity index (χ0n) is 6.46. The average Bonchev–Trinajstić information content (AvgIpc) is 2.60. The molecular weight excluding hydrogens is 308 g/mol. The van der Waals surface area contributed by atoms with Gasteiger partial charge in [-0.3, -0.25) is 0 Å². The van der Waals surface area contributed by atoms with Crippen molar-refractivity contribution in [3.05, 3.63) is 6.92 Å². The number of halogens is 1. The Morgan fingerprint density at radius 1 is 1.36 bits per heavy atom. The van der Waals surface area contributed by atoms with E-state index < -0.39 is 0 Å². The molecule has 2 nitrogen and oxygen atoms in total. The summed E-state index contributed by atoms with van der Waals surface area (Å²) in [4.78, 5) is 0. The van der Waals surface area contributed by atoms with Gasteiger partial charge in [0.25, 0.3) is 0 Å². The summed E-state index contributed by atoms with van der Waals surface area (Å²) in [5.41, 5.74) is 0. The monoisotopic (exact) mass is 318 g/mol. The van der Waals surface area contributed by atoms with E-state index in [2.05, 4.69) is 26.7 Å². The summed E-state index contributed by atoms with van der Waals surface area (Å²) in [5, 5.41) is 0. The molecule has 0 unspecified atom stereocenters. The van der Waals surface area contributed by atoms with E-state index in [0.717, 1.165) is 19.6 Å². The molecule has 0 aromatic carbocycles. The predicted octanol–water partition coefficient (Wildman–Crippen LogP) is 1.71. The summed E-state index contributed by atoms with van der Waals surface area (Å²) in [5.74, 6) is 1.06. The molecule has 3 atom stereocenters. The average molecular weight is 319 g/mol. The van der Waals surface area contributed by atoms with Crippen LogP contribution in [0.4, 0.5) is 0 Å². The van der Waals surface area contributed by atoms with Crippen molar-refractivity contribution in [2.45, 2.75) is 12.7 Å². The number of fused-ring (bicyclic) bond motifs is 1. The van der Waals surface area contributed by atoms with Crippen LogP contribution in [0.15, 0.2) is 0 Å². The number of hydrogen-bond acceptors (Lipinski definition) is 2. The van der Waals surface area contributed by atoms with Gasteiger partial charge in [-0.25, -0.2) is 0 Å². The van der Waals surface area contributed by atoms with Gasteiger partial charge in [-0.2, -0.15) is 0 Å². The second kappa shape index (κ2) is 5.10. The van der Waals surface area contributed by atoms with Crippen molar-refractivity contribution in [3.8, 4) is 0 Å². The van der Waals surface area contributed by atoms with E-state index in [-0.39, 0.29) is 6.29 Å². The molecule has 0 aliphatic carbocycles. The van der Waals surface area contributed by atoms with Gasteiger partial charge < -0.3 is 16.4 Å². The molecule has 2 aliphatic heterocycles. The van der Waals surface area contributed by atoms with Crippen LogP contribution < -0.4 is 0 Å². The van der Waals surface area contributed by atoms with Gasteiger partial charge in [-0.15, -0.1) is 5.92 Å². The molecule has 2 heterocycles. The molecule has 0 amide bonds. The van der Waals surface area contributed by atoms with Crippen LogP contribution in [0.3, 0.4) is 0 Å². The van der Waals surface area contributed by atoms with Crippen LogP contribution >= 0.6 is 19.8 Å². The Morgan fingerprint density at radius 3 is 2.73 bits per heavy atom. The SMILES string of the molecule is [CH2-][C@H]1CO[C@@H]2OCC[C@@H]21.[Zn+][I]. The normalized spacial score (nSPS) is 41.3. The van der Waals surface area contributed by atoms with Crippen molar-refractivity contribution < 1.29 is 24.3 Å². The molecule has 0 aromatic rings. The molecular formula is C7H11IO2Zn. The molecule has 2 aliphatic rings. The number of ether oxygens (including phenoxy) is 2. The van der Waals surface area contributed by atoms with E-state index in [1.54, 1.807) is 0 Å². The molecule has 0 saturated carbocycles. The third kappa shape index (κ3) is 2.36. The maximum atomic E-state index is 5.30. The van der Waals surface area contributed by atoms with Crippen molar-refractivity contribution >= 4 is 19.8 Å². The molecule has 0 aromatic heterocycles. The Hall–Kier alpha value is 1.27. The minimum absolute atomic E-state index is 0.0903. The van der Waals surface area contributed by atoms with E-state index >= 15 is 0 Å². The number of hydrogen-bond donors (Lipinski definition) is 0. The molecule has 4 heteroatoms. The molecule has 0 radical (unpaired) electrons. The Balaban J connectivity index is 0.000000281. The van der Waals surface area contributed by atoms with Crippen molar-refractivity contribution in [1.82, 2.24) is 0 Å². The Labute approximate surface area is 88.3 Å². The maximum absolute atomic E-state index is 5.30. The van der Waals surface area contributed by atoms with Gasteiger partial charge in [-0.05, 0) is 12.3 Å². The van der Waals surface area contributed by atoms with Crippen LogP contribution in [0, 0.1) is 18.8 Å². The fraction of sp³-hybridized carbons (Fsp3) is 0.857. The number of rotatable bonds is 0. The predicted molar refractivity (Wildman–Crippen MR) is 46.7 cm³/mol. The molecule has 0 N–H and O–H groups in total. The molecule has 2 saturated heterocycles. The third-order valence-corrected chi connectivity index (χ3v) is 2.16.